The first kappa shape index (κ1) is 18.7. The number of rotatable bonds is 7. The van der Waals surface area contributed by atoms with Gasteiger partial charge in [0.2, 0.25) is 0 Å². The molecule has 1 aliphatic rings. The molecule has 26 heavy (non-hydrogen) atoms. The van der Waals surface area contributed by atoms with Crippen molar-refractivity contribution in [2.24, 2.45) is 5.92 Å². The summed E-state index contributed by atoms with van der Waals surface area (Å²) < 4.78 is 13.0. The Hall–Kier alpha value is -2.05. The van der Waals surface area contributed by atoms with Crippen LogP contribution in [0.5, 0.6) is 11.5 Å². The first-order chi connectivity index (χ1) is 12.6. The van der Waals surface area contributed by atoms with Crippen molar-refractivity contribution in [1.82, 2.24) is 19.6 Å². The average Bonchev–Trinajstić information content (AvgIpc) is 2.98. The summed E-state index contributed by atoms with van der Waals surface area (Å²) in [5.41, 5.74) is 2.49. The Morgan fingerprint density at radius 3 is 2.50 bits per heavy atom. The molecule has 0 unspecified atom stereocenters. The predicted octanol–water partition coefficient (Wildman–Crippen LogP) is 2.48. The van der Waals surface area contributed by atoms with E-state index in [9.17, 15) is 0 Å². The summed E-state index contributed by atoms with van der Waals surface area (Å²) in [5.74, 6) is 2.26. The van der Waals surface area contributed by atoms with Crippen molar-refractivity contribution in [2.75, 3.05) is 41.4 Å². The van der Waals surface area contributed by atoms with Crippen LogP contribution >= 0.6 is 0 Å². The molecule has 0 fully saturated rings. The fourth-order valence-electron chi connectivity index (χ4n) is 3.58. The molecule has 1 atom stereocenters. The van der Waals surface area contributed by atoms with E-state index in [1.807, 2.05) is 12.3 Å². The molecule has 2 aromatic rings. The lowest BCUT2D eigenvalue weighted by atomic mass is 10.0. The van der Waals surface area contributed by atoms with E-state index in [4.69, 9.17) is 9.47 Å². The summed E-state index contributed by atoms with van der Waals surface area (Å²) in [6, 6.07) is 8.24. The molecule has 0 bridgehead atoms. The van der Waals surface area contributed by atoms with E-state index in [0.717, 1.165) is 44.2 Å². The zero-order valence-corrected chi connectivity index (χ0v) is 16.3. The van der Waals surface area contributed by atoms with Crippen LogP contribution < -0.4 is 9.47 Å². The molecule has 3 rings (SSSR count). The Balaban J connectivity index is 1.77. The van der Waals surface area contributed by atoms with Gasteiger partial charge >= 0.3 is 0 Å². The molecule has 142 valence electrons. The Bertz CT molecular complexity index is 691. The van der Waals surface area contributed by atoms with Gasteiger partial charge in [0.15, 0.2) is 0 Å². The zero-order chi connectivity index (χ0) is 18.5. The van der Waals surface area contributed by atoms with Crippen molar-refractivity contribution >= 4 is 0 Å². The summed E-state index contributed by atoms with van der Waals surface area (Å²) in [4.78, 5) is 4.77. The van der Waals surface area contributed by atoms with Gasteiger partial charge in [-0.2, -0.15) is 5.10 Å². The molecule has 1 aliphatic heterocycles. The first-order valence-corrected chi connectivity index (χ1v) is 9.17. The maximum absolute atomic E-state index is 5.42. The van der Waals surface area contributed by atoms with Gasteiger partial charge in [0.25, 0.3) is 0 Å². The molecule has 6 nitrogen and oxygen atoms in total. The van der Waals surface area contributed by atoms with Crippen LogP contribution in [-0.2, 0) is 19.6 Å². The Morgan fingerprint density at radius 1 is 1.12 bits per heavy atom. The molecule has 0 spiro atoms. The van der Waals surface area contributed by atoms with Crippen LogP contribution in [-0.4, -0.2) is 61.0 Å². The van der Waals surface area contributed by atoms with Gasteiger partial charge in [-0.1, -0.05) is 0 Å². The number of nitrogens with zero attached hydrogens (tertiary/aromatic N) is 4. The molecule has 0 radical (unpaired) electrons. The van der Waals surface area contributed by atoms with Crippen molar-refractivity contribution in [2.45, 2.75) is 26.1 Å². The van der Waals surface area contributed by atoms with Crippen molar-refractivity contribution in [3.63, 3.8) is 0 Å². The molecule has 1 aromatic heterocycles. The van der Waals surface area contributed by atoms with E-state index in [-0.39, 0.29) is 0 Å². The first-order valence-electron chi connectivity index (χ1n) is 9.17. The maximum Gasteiger partial charge on any atom is 0.122 e. The molecule has 0 N–H and O–H groups in total. The molecule has 0 amide bonds. The average molecular weight is 358 g/mol. The molecular weight excluding hydrogens is 328 g/mol. The molecular formula is C20H30N4O2. The third kappa shape index (κ3) is 4.77. The molecule has 0 aliphatic carbocycles. The van der Waals surface area contributed by atoms with Crippen molar-refractivity contribution in [1.29, 1.82) is 0 Å². The lowest BCUT2D eigenvalue weighted by Gasteiger charge is -2.25. The molecule has 0 saturated heterocycles. The second-order valence-corrected chi connectivity index (χ2v) is 7.35. The van der Waals surface area contributed by atoms with Crippen LogP contribution in [0.3, 0.4) is 0 Å². The highest BCUT2D eigenvalue weighted by molar-refractivity contribution is 5.38. The van der Waals surface area contributed by atoms with Gasteiger partial charge in [0.05, 0.1) is 19.9 Å². The number of aromatic nitrogens is 2. The van der Waals surface area contributed by atoms with Crippen LogP contribution in [0.1, 0.15) is 17.7 Å². The fourth-order valence-corrected chi connectivity index (χ4v) is 3.58. The van der Waals surface area contributed by atoms with Crippen molar-refractivity contribution in [3.8, 4) is 11.5 Å². The van der Waals surface area contributed by atoms with Crippen LogP contribution in [0, 0.1) is 5.92 Å². The standard InChI is InChI=1S/C20H30N4O2/c1-22(2)8-6-16-12-23(15-18-5-7-21-24(18)14-16)13-17-9-19(25-3)11-20(10-17)26-4/h5,7,9-11,16H,6,8,12-15H2,1-4H3/t16-/m0/s1. The summed E-state index contributed by atoms with van der Waals surface area (Å²) in [6.07, 6.45) is 3.08. The number of ether oxygens (including phenoxy) is 2. The lowest BCUT2D eigenvalue weighted by Crippen LogP contribution is -2.29. The minimum Gasteiger partial charge on any atom is -0.497 e. The highest BCUT2D eigenvalue weighted by atomic mass is 16.5. The molecule has 1 aromatic carbocycles. The highest BCUT2D eigenvalue weighted by Gasteiger charge is 2.22. The Labute approximate surface area is 156 Å². The van der Waals surface area contributed by atoms with E-state index in [0.29, 0.717) is 5.92 Å². The second kappa shape index (κ2) is 8.56. The topological polar surface area (TPSA) is 42.8 Å². The van der Waals surface area contributed by atoms with E-state index in [1.54, 1.807) is 14.2 Å². The number of benzene rings is 1. The minimum atomic E-state index is 0.589. The monoisotopic (exact) mass is 358 g/mol. The summed E-state index contributed by atoms with van der Waals surface area (Å²) in [6.45, 7) is 4.95. The van der Waals surface area contributed by atoms with Crippen molar-refractivity contribution in [3.05, 3.63) is 41.7 Å². The smallest absolute Gasteiger partial charge is 0.122 e. The molecule has 2 heterocycles. The fraction of sp³-hybridized carbons (Fsp3) is 0.550. The van der Waals surface area contributed by atoms with Gasteiger partial charge in [-0.15, -0.1) is 0 Å². The van der Waals surface area contributed by atoms with E-state index in [2.05, 4.69) is 51.9 Å². The van der Waals surface area contributed by atoms with Gasteiger partial charge in [0, 0.05) is 38.4 Å². The number of methoxy groups -OCH3 is 2. The lowest BCUT2D eigenvalue weighted by molar-refractivity contribution is 0.205. The maximum atomic E-state index is 5.42. The minimum absolute atomic E-state index is 0.589. The van der Waals surface area contributed by atoms with Crippen LogP contribution in [0.15, 0.2) is 30.5 Å². The molecule has 6 heteroatoms. The Kier molecular flexibility index (Phi) is 6.16. The van der Waals surface area contributed by atoms with Gasteiger partial charge in [0.1, 0.15) is 11.5 Å². The zero-order valence-electron chi connectivity index (χ0n) is 16.3. The van der Waals surface area contributed by atoms with E-state index in [1.165, 1.54) is 17.7 Å². The van der Waals surface area contributed by atoms with Gasteiger partial charge < -0.3 is 14.4 Å². The van der Waals surface area contributed by atoms with Crippen LogP contribution in [0.25, 0.3) is 0 Å². The number of fused-ring (bicyclic) bond motifs is 1. The SMILES string of the molecule is COc1cc(CN2Cc3ccnn3C[C@@H](CCN(C)C)C2)cc(OC)c1. The van der Waals surface area contributed by atoms with Crippen LogP contribution in [0.4, 0.5) is 0 Å². The summed E-state index contributed by atoms with van der Waals surface area (Å²) in [7, 11) is 7.66. The van der Waals surface area contributed by atoms with Gasteiger partial charge in [-0.25, -0.2) is 0 Å². The number of hydrogen-bond acceptors (Lipinski definition) is 5. The summed E-state index contributed by atoms with van der Waals surface area (Å²) in [5, 5.41) is 4.53. The summed E-state index contributed by atoms with van der Waals surface area (Å²) >= 11 is 0. The second-order valence-electron chi connectivity index (χ2n) is 7.35. The Morgan fingerprint density at radius 2 is 1.85 bits per heavy atom. The normalized spacial score (nSPS) is 17.8. The highest BCUT2D eigenvalue weighted by Crippen LogP contribution is 2.25. The van der Waals surface area contributed by atoms with Gasteiger partial charge in [-0.3, -0.25) is 9.58 Å². The quantitative estimate of drug-likeness (QED) is 0.761. The van der Waals surface area contributed by atoms with Gasteiger partial charge in [-0.05, 0) is 56.7 Å². The van der Waals surface area contributed by atoms with E-state index < -0.39 is 0 Å². The third-order valence-electron chi connectivity index (χ3n) is 4.94. The van der Waals surface area contributed by atoms with Crippen molar-refractivity contribution < 1.29 is 9.47 Å². The molecule has 0 saturated carbocycles. The van der Waals surface area contributed by atoms with Crippen LogP contribution in [0.2, 0.25) is 0 Å². The number of hydrogen-bond donors (Lipinski definition) is 0. The van der Waals surface area contributed by atoms with E-state index >= 15 is 0 Å². The third-order valence-corrected chi connectivity index (χ3v) is 4.94. The predicted molar refractivity (Wildman–Crippen MR) is 103 cm³/mol. The largest absolute Gasteiger partial charge is 0.497 e.